The first kappa shape index (κ1) is 20.9. The highest BCUT2D eigenvalue weighted by Gasteiger charge is 2.16. The number of nitro groups is 1. The van der Waals surface area contributed by atoms with Crippen molar-refractivity contribution in [3.8, 4) is 6.01 Å². The van der Waals surface area contributed by atoms with Crippen molar-refractivity contribution in [2.75, 3.05) is 4.72 Å². The number of rotatable bonds is 7. The predicted octanol–water partition coefficient (Wildman–Crippen LogP) is 5.26. The summed E-state index contributed by atoms with van der Waals surface area (Å²) in [6.45, 7) is -0.521. The fourth-order valence-electron chi connectivity index (χ4n) is 2.14. The molecule has 0 bridgehead atoms. The number of benzene rings is 2. The first-order valence-corrected chi connectivity index (χ1v) is 9.41. The van der Waals surface area contributed by atoms with E-state index in [2.05, 4.69) is 30.6 Å². The van der Waals surface area contributed by atoms with Crippen molar-refractivity contribution in [2.24, 2.45) is 0 Å². The average Bonchev–Trinajstić information content (AvgIpc) is 2.67. The van der Waals surface area contributed by atoms with E-state index in [1.54, 1.807) is 6.07 Å². The summed E-state index contributed by atoms with van der Waals surface area (Å²) in [5.41, 5.74) is -0.512. The summed E-state index contributed by atoms with van der Waals surface area (Å²) in [5, 5.41) is 11.0. The monoisotopic (exact) mass is 486 g/mol. The van der Waals surface area contributed by atoms with E-state index in [0.29, 0.717) is 0 Å². The van der Waals surface area contributed by atoms with Gasteiger partial charge in [0.2, 0.25) is 0 Å². The normalized spacial score (nSPS) is 10.6. The zero-order chi connectivity index (χ0) is 21.0. The van der Waals surface area contributed by atoms with Crippen LogP contribution >= 0.6 is 27.9 Å². The minimum absolute atomic E-state index is 0.169. The molecule has 0 aliphatic heterocycles. The van der Waals surface area contributed by atoms with Crippen molar-refractivity contribution in [3.05, 3.63) is 80.2 Å². The number of nitro benzene ring substituents is 1. The molecule has 7 nitrogen and oxygen atoms in total. The van der Waals surface area contributed by atoms with Crippen LogP contribution in [0.15, 0.2) is 52.0 Å². The van der Waals surface area contributed by atoms with Crippen LogP contribution in [0.1, 0.15) is 5.56 Å². The Bertz CT molecular complexity index is 1050. The lowest BCUT2D eigenvalue weighted by Gasteiger charge is -2.10. The maximum absolute atomic E-state index is 14.0. The topological polar surface area (TPSA) is 90.2 Å². The summed E-state index contributed by atoms with van der Waals surface area (Å²) in [4.78, 5) is 18.1. The van der Waals surface area contributed by atoms with Crippen molar-refractivity contribution in [1.29, 1.82) is 0 Å². The van der Waals surface area contributed by atoms with Crippen molar-refractivity contribution in [2.45, 2.75) is 11.5 Å². The molecule has 0 amide bonds. The lowest BCUT2D eigenvalue weighted by Crippen LogP contribution is -2.06. The number of hydrogen-bond donors (Lipinski definition) is 1. The van der Waals surface area contributed by atoms with Crippen LogP contribution in [-0.2, 0) is 6.61 Å². The maximum Gasteiger partial charge on any atom is 0.318 e. The quantitative estimate of drug-likeness (QED) is 0.276. The van der Waals surface area contributed by atoms with Crippen molar-refractivity contribution < 1.29 is 22.8 Å². The molecule has 1 N–H and O–H groups in total. The van der Waals surface area contributed by atoms with E-state index in [1.807, 2.05) is 0 Å². The Morgan fingerprint density at radius 2 is 1.86 bits per heavy atom. The molecule has 0 spiro atoms. The van der Waals surface area contributed by atoms with E-state index in [9.17, 15) is 23.3 Å². The number of nitrogens with one attached hydrogen (secondary N) is 1. The van der Waals surface area contributed by atoms with Gasteiger partial charge in [-0.1, -0.05) is 28.1 Å². The summed E-state index contributed by atoms with van der Waals surface area (Å²) in [6, 6.07) is 7.68. The van der Waals surface area contributed by atoms with E-state index in [4.69, 9.17) is 4.74 Å². The maximum atomic E-state index is 14.0. The Morgan fingerprint density at radius 1 is 1.17 bits per heavy atom. The fraction of sp³-hybridized carbons (Fsp3) is 0.0588. The summed E-state index contributed by atoms with van der Waals surface area (Å²) in [5.74, 6) is -2.81. The molecule has 0 saturated carbocycles. The number of anilines is 1. The Kier molecular flexibility index (Phi) is 6.54. The van der Waals surface area contributed by atoms with Crippen molar-refractivity contribution in [1.82, 2.24) is 9.97 Å². The van der Waals surface area contributed by atoms with Gasteiger partial charge in [-0.15, -0.1) is 0 Å². The molecule has 2 aromatic carbocycles. The number of nitrogens with zero attached hydrogens (tertiary/aromatic N) is 3. The van der Waals surface area contributed by atoms with Gasteiger partial charge in [-0.05, 0) is 30.1 Å². The largest absolute Gasteiger partial charge is 0.458 e. The van der Waals surface area contributed by atoms with Gasteiger partial charge in [0.25, 0.3) is 5.69 Å². The lowest BCUT2D eigenvalue weighted by atomic mass is 10.2. The molecule has 0 aliphatic carbocycles. The number of ether oxygens (including phenoxy) is 1. The summed E-state index contributed by atoms with van der Waals surface area (Å²) in [7, 11) is 0. The van der Waals surface area contributed by atoms with E-state index < -0.39 is 29.0 Å². The first-order valence-electron chi connectivity index (χ1n) is 7.80. The second-order valence-electron chi connectivity index (χ2n) is 5.41. The Balaban J connectivity index is 1.73. The first-order chi connectivity index (χ1) is 13.8. The molecule has 12 heteroatoms. The molecule has 0 radical (unpaired) electrons. The summed E-state index contributed by atoms with van der Waals surface area (Å²) < 4.78 is 49.6. The van der Waals surface area contributed by atoms with Crippen molar-refractivity contribution in [3.63, 3.8) is 0 Å². The second-order valence-corrected chi connectivity index (χ2v) is 7.18. The van der Waals surface area contributed by atoms with Gasteiger partial charge in [0, 0.05) is 10.5 Å². The standard InChI is InChI=1S/C17H10BrF3N4O3S/c18-9-5-11(19)10(12(20)6-9)8-28-17-22-7-13(21)16(23-17)24-29-15-4-2-1-3-14(15)25(26)27/h1-7H,8H2,(H,22,23,24). The molecule has 0 fully saturated rings. The zero-order valence-corrected chi connectivity index (χ0v) is 16.6. The van der Waals surface area contributed by atoms with Crippen LogP contribution in [0, 0.1) is 27.6 Å². The second kappa shape index (κ2) is 9.09. The third-order valence-corrected chi connectivity index (χ3v) is 4.81. The van der Waals surface area contributed by atoms with Crippen molar-refractivity contribution >= 4 is 39.4 Å². The van der Waals surface area contributed by atoms with Gasteiger partial charge in [0.05, 0.1) is 16.7 Å². The fourth-order valence-corrected chi connectivity index (χ4v) is 3.28. The highest BCUT2D eigenvalue weighted by Crippen LogP contribution is 2.30. The van der Waals surface area contributed by atoms with Crippen LogP contribution in [0.25, 0.3) is 0 Å². The van der Waals surface area contributed by atoms with Crippen LogP contribution in [0.5, 0.6) is 6.01 Å². The van der Waals surface area contributed by atoms with Crippen LogP contribution < -0.4 is 9.46 Å². The Hall–Kier alpha value is -2.86. The molecule has 1 aromatic heterocycles. The molecule has 29 heavy (non-hydrogen) atoms. The van der Waals surface area contributed by atoms with Gasteiger partial charge >= 0.3 is 6.01 Å². The zero-order valence-electron chi connectivity index (χ0n) is 14.2. The van der Waals surface area contributed by atoms with Gasteiger partial charge < -0.3 is 9.46 Å². The molecule has 3 rings (SSSR count). The van der Waals surface area contributed by atoms with Crippen LogP contribution in [0.4, 0.5) is 24.7 Å². The van der Waals surface area contributed by atoms with E-state index in [-0.39, 0.29) is 32.4 Å². The highest BCUT2D eigenvalue weighted by atomic mass is 79.9. The average molecular weight is 487 g/mol. The van der Waals surface area contributed by atoms with Gasteiger partial charge in [-0.2, -0.15) is 4.98 Å². The van der Waals surface area contributed by atoms with E-state index >= 15 is 0 Å². The van der Waals surface area contributed by atoms with Gasteiger partial charge in [0.15, 0.2) is 11.6 Å². The summed E-state index contributed by atoms with van der Waals surface area (Å²) >= 11 is 3.74. The van der Waals surface area contributed by atoms with Gasteiger partial charge in [-0.25, -0.2) is 18.2 Å². The highest BCUT2D eigenvalue weighted by molar-refractivity contribution is 9.10. The third-order valence-electron chi connectivity index (χ3n) is 3.49. The summed E-state index contributed by atoms with van der Waals surface area (Å²) in [6.07, 6.45) is 0.804. The SMILES string of the molecule is O=[N+]([O-])c1ccccc1SNc1nc(OCc2c(F)cc(Br)cc2F)ncc1F. The molecule has 1 heterocycles. The molecule has 150 valence electrons. The minimum atomic E-state index is -0.843. The molecular weight excluding hydrogens is 477 g/mol. The van der Waals surface area contributed by atoms with E-state index in [1.165, 1.54) is 18.2 Å². The van der Waals surface area contributed by atoms with Crippen LogP contribution in [0.3, 0.4) is 0 Å². The Morgan fingerprint density at radius 3 is 2.55 bits per heavy atom. The molecule has 0 saturated heterocycles. The third kappa shape index (κ3) is 5.15. The number of hydrogen-bond acceptors (Lipinski definition) is 7. The van der Waals surface area contributed by atoms with Crippen LogP contribution in [0.2, 0.25) is 0 Å². The number of para-hydroxylation sites is 1. The van der Waals surface area contributed by atoms with Gasteiger partial charge in [0.1, 0.15) is 23.1 Å². The minimum Gasteiger partial charge on any atom is -0.458 e. The lowest BCUT2D eigenvalue weighted by molar-refractivity contribution is -0.387. The number of halogens is 4. The molecular formula is C17H10BrF3N4O3S. The molecule has 3 aromatic rings. The van der Waals surface area contributed by atoms with Crippen LogP contribution in [-0.4, -0.2) is 14.9 Å². The predicted molar refractivity (Wildman–Crippen MR) is 103 cm³/mol. The smallest absolute Gasteiger partial charge is 0.318 e. The Labute approximate surface area is 174 Å². The van der Waals surface area contributed by atoms with Gasteiger partial charge in [-0.3, -0.25) is 10.1 Å². The molecule has 0 atom stereocenters. The van der Waals surface area contributed by atoms with E-state index in [0.717, 1.165) is 30.3 Å². The number of aromatic nitrogens is 2. The molecule has 0 aliphatic rings. The molecule has 0 unspecified atom stereocenters.